The zero-order valence-corrected chi connectivity index (χ0v) is 17.4. The first-order valence-electron chi connectivity index (χ1n) is 10.4. The third-order valence-electron chi connectivity index (χ3n) is 6.14. The predicted octanol–water partition coefficient (Wildman–Crippen LogP) is -0.0261. The molecule has 8 heteroatoms. The Morgan fingerprint density at radius 3 is 2.21 bits per heavy atom. The third kappa shape index (κ3) is 5.23. The van der Waals surface area contributed by atoms with Crippen LogP contribution < -0.4 is 16.8 Å². The van der Waals surface area contributed by atoms with Gasteiger partial charge in [0, 0.05) is 6.54 Å². The maximum absolute atomic E-state index is 13.2. The Balaban J connectivity index is 2.20. The van der Waals surface area contributed by atoms with E-state index >= 15 is 0 Å². The van der Waals surface area contributed by atoms with Crippen molar-refractivity contribution in [1.29, 1.82) is 0 Å². The maximum atomic E-state index is 13.2. The third-order valence-corrected chi connectivity index (χ3v) is 6.14. The molecule has 6 N–H and O–H groups in total. The van der Waals surface area contributed by atoms with Crippen LogP contribution >= 0.6 is 0 Å². The topological polar surface area (TPSA) is 139 Å². The molecule has 0 spiro atoms. The molecule has 2 rings (SSSR count). The van der Waals surface area contributed by atoms with E-state index in [2.05, 4.69) is 5.32 Å². The standard InChI is InChI=1S/C20H36N4O4/c1-10(2)13-7-8-24(20(28)15(21)11(3)4)16(13)19(27)23-14(9-12-5-6-12)17(25)18(22)26/h10-17,25H,5-9,21H2,1-4H3,(H2,22,26)(H,23,27)/t13-,14?,15+,16+,17?/m1/s1. The van der Waals surface area contributed by atoms with Gasteiger partial charge in [-0.25, -0.2) is 0 Å². The van der Waals surface area contributed by atoms with Gasteiger partial charge in [0.05, 0.1) is 12.1 Å². The van der Waals surface area contributed by atoms with Crippen molar-refractivity contribution in [3.8, 4) is 0 Å². The monoisotopic (exact) mass is 396 g/mol. The lowest BCUT2D eigenvalue weighted by molar-refractivity contribution is -0.142. The van der Waals surface area contributed by atoms with Crippen LogP contribution in [0.4, 0.5) is 0 Å². The normalized spacial score (nSPS) is 25.6. The van der Waals surface area contributed by atoms with Crippen molar-refractivity contribution in [3.63, 3.8) is 0 Å². The molecule has 0 bridgehead atoms. The summed E-state index contributed by atoms with van der Waals surface area (Å²) in [5.41, 5.74) is 11.3. The highest BCUT2D eigenvalue weighted by atomic mass is 16.3. The number of nitrogens with one attached hydrogen (secondary N) is 1. The summed E-state index contributed by atoms with van der Waals surface area (Å²) in [4.78, 5) is 39.2. The van der Waals surface area contributed by atoms with Crippen LogP contribution in [-0.2, 0) is 14.4 Å². The molecule has 0 radical (unpaired) electrons. The van der Waals surface area contributed by atoms with Gasteiger partial charge in [0.2, 0.25) is 17.7 Å². The highest BCUT2D eigenvalue weighted by molar-refractivity contribution is 5.91. The second-order valence-electron chi connectivity index (χ2n) is 9.08. The summed E-state index contributed by atoms with van der Waals surface area (Å²) in [5.74, 6) is -0.877. The summed E-state index contributed by atoms with van der Waals surface area (Å²) in [6, 6.07) is -2.06. The average molecular weight is 397 g/mol. The number of nitrogens with two attached hydrogens (primary N) is 2. The lowest BCUT2D eigenvalue weighted by Gasteiger charge is -2.33. The Labute approximate surface area is 167 Å². The average Bonchev–Trinajstić information content (AvgIpc) is 3.32. The van der Waals surface area contributed by atoms with E-state index in [4.69, 9.17) is 11.5 Å². The van der Waals surface area contributed by atoms with Gasteiger partial charge >= 0.3 is 0 Å². The van der Waals surface area contributed by atoms with Crippen molar-refractivity contribution in [2.24, 2.45) is 35.1 Å². The van der Waals surface area contributed by atoms with Crippen molar-refractivity contribution in [2.45, 2.75) is 77.6 Å². The van der Waals surface area contributed by atoms with Crippen LogP contribution in [0, 0.1) is 23.7 Å². The van der Waals surface area contributed by atoms with Gasteiger partial charge in [0.1, 0.15) is 6.04 Å². The Morgan fingerprint density at radius 2 is 1.75 bits per heavy atom. The number of hydrogen-bond donors (Lipinski definition) is 4. The Hall–Kier alpha value is -1.67. The largest absolute Gasteiger partial charge is 0.381 e. The van der Waals surface area contributed by atoms with Gasteiger partial charge in [-0.05, 0) is 36.5 Å². The molecule has 0 aromatic heterocycles. The van der Waals surface area contributed by atoms with E-state index in [1.807, 2.05) is 27.7 Å². The molecule has 1 aliphatic heterocycles. The zero-order valence-electron chi connectivity index (χ0n) is 17.4. The molecular weight excluding hydrogens is 360 g/mol. The molecule has 8 nitrogen and oxygen atoms in total. The second kappa shape index (κ2) is 9.22. The van der Waals surface area contributed by atoms with E-state index in [-0.39, 0.29) is 29.6 Å². The van der Waals surface area contributed by atoms with Gasteiger partial charge < -0.3 is 26.8 Å². The highest BCUT2D eigenvalue weighted by Gasteiger charge is 2.45. The van der Waals surface area contributed by atoms with Crippen molar-refractivity contribution in [2.75, 3.05) is 6.54 Å². The zero-order chi connectivity index (χ0) is 21.2. The van der Waals surface area contributed by atoms with Crippen molar-refractivity contribution in [3.05, 3.63) is 0 Å². The Kier molecular flexibility index (Phi) is 7.45. The summed E-state index contributed by atoms with van der Waals surface area (Å²) < 4.78 is 0. The molecule has 0 aromatic carbocycles. The number of carbonyl (C=O) groups is 3. The molecule has 1 saturated carbocycles. The molecule has 1 heterocycles. The van der Waals surface area contributed by atoms with E-state index < -0.39 is 30.1 Å². The van der Waals surface area contributed by atoms with Crippen LogP contribution in [0.3, 0.4) is 0 Å². The first-order valence-corrected chi connectivity index (χ1v) is 10.4. The van der Waals surface area contributed by atoms with Gasteiger partial charge in [0.25, 0.3) is 0 Å². The molecular formula is C20H36N4O4. The van der Waals surface area contributed by atoms with E-state index in [0.717, 1.165) is 19.3 Å². The number of carbonyl (C=O) groups excluding carboxylic acids is 3. The minimum Gasteiger partial charge on any atom is -0.381 e. The number of aliphatic hydroxyl groups excluding tert-OH is 1. The lowest BCUT2D eigenvalue weighted by atomic mass is 9.87. The van der Waals surface area contributed by atoms with Crippen molar-refractivity contribution < 1.29 is 19.5 Å². The number of amides is 3. The highest BCUT2D eigenvalue weighted by Crippen LogP contribution is 2.35. The molecule has 3 amide bonds. The van der Waals surface area contributed by atoms with Crippen LogP contribution in [-0.4, -0.2) is 58.5 Å². The molecule has 2 unspecified atom stereocenters. The van der Waals surface area contributed by atoms with Gasteiger partial charge in [-0.15, -0.1) is 0 Å². The molecule has 2 aliphatic rings. The van der Waals surface area contributed by atoms with Gasteiger partial charge in [-0.2, -0.15) is 0 Å². The fourth-order valence-corrected chi connectivity index (χ4v) is 4.02. The smallest absolute Gasteiger partial charge is 0.248 e. The van der Waals surface area contributed by atoms with E-state index in [1.54, 1.807) is 4.90 Å². The number of rotatable bonds is 9. The maximum Gasteiger partial charge on any atom is 0.248 e. The summed E-state index contributed by atoms with van der Waals surface area (Å²) in [6.45, 7) is 8.29. The number of aliphatic hydroxyl groups is 1. The van der Waals surface area contributed by atoms with E-state index in [0.29, 0.717) is 18.9 Å². The second-order valence-corrected chi connectivity index (χ2v) is 9.08. The first kappa shape index (κ1) is 22.6. The molecule has 28 heavy (non-hydrogen) atoms. The molecule has 160 valence electrons. The molecule has 2 fully saturated rings. The first-order chi connectivity index (χ1) is 13.0. The van der Waals surface area contributed by atoms with Gasteiger partial charge in [0.15, 0.2) is 6.10 Å². The number of primary amides is 1. The predicted molar refractivity (Wildman–Crippen MR) is 106 cm³/mol. The number of nitrogens with zero attached hydrogens (tertiary/aromatic N) is 1. The van der Waals surface area contributed by atoms with Crippen molar-refractivity contribution in [1.82, 2.24) is 10.2 Å². The van der Waals surface area contributed by atoms with E-state index in [9.17, 15) is 19.5 Å². The van der Waals surface area contributed by atoms with Crippen LogP contribution in [0.1, 0.15) is 53.4 Å². The summed E-state index contributed by atoms with van der Waals surface area (Å²) in [7, 11) is 0. The fourth-order valence-electron chi connectivity index (χ4n) is 4.02. The van der Waals surface area contributed by atoms with Crippen LogP contribution in [0.5, 0.6) is 0 Å². The summed E-state index contributed by atoms with van der Waals surface area (Å²) in [6.07, 6.45) is 1.82. The molecule has 5 atom stereocenters. The molecule has 1 saturated heterocycles. The van der Waals surface area contributed by atoms with Crippen molar-refractivity contribution >= 4 is 17.7 Å². The number of hydrogen-bond acceptors (Lipinski definition) is 5. The molecule has 0 aromatic rings. The SMILES string of the molecule is CC(C)[C@H](N)C(=O)N1CC[C@H](C(C)C)[C@H]1C(=O)NC(CC1CC1)C(O)C(N)=O. The number of likely N-dealkylation sites (tertiary alicyclic amines) is 1. The van der Waals surface area contributed by atoms with Crippen LogP contribution in [0.25, 0.3) is 0 Å². The van der Waals surface area contributed by atoms with Crippen LogP contribution in [0.2, 0.25) is 0 Å². The van der Waals surface area contributed by atoms with Gasteiger partial charge in [-0.3, -0.25) is 14.4 Å². The quantitative estimate of drug-likeness (QED) is 0.434. The Bertz CT molecular complexity index is 591. The van der Waals surface area contributed by atoms with Crippen LogP contribution in [0.15, 0.2) is 0 Å². The van der Waals surface area contributed by atoms with Gasteiger partial charge in [-0.1, -0.05) is 40.5 Å². The molecule has 1 aliphatic carbocycles. The minimum atomic E-state index is -1.44. The lowest BCUT2D eigenvalue weighted by Crippen LogP contribution is -2.58. The minimum absolute atomic E-state index is 0.00407. The van der Waals surface area contributed by atoms with E-state index in [1.165, 1.54) is 0 Å². The Morgan fingerprint density at radius 1 is 1.14 bits per heavy atom. The fraction of sp³-hybridized carbons (Fsp3) is 0.850. The summed E-state index contributed by atoms with van der Waals surface area (Å²) >= 11 is 0. The summed E-state index contributed by atoms with van der Waals surface area (Å²) in [5, 5.41) is 13.0.